The van der Waals surface area contributed by atoms with E-state index in [0.717, 1.165) is 11.1 Å². The maximum atomic E-state index is 12.5. The lowest BCUT2D eigenvalue weighted by Gasteiger charge is -2.19. The first-order valence-electron chi connectivity index (χ1n) is 10.0. The predicted octanol–water partition coefficient (Wildman–Crippen LogP) is 5.08. The fourth-order valence-electron chi connectivity index (χ4n) is 3.03. The summed E-state index contributed by atoms with van der Waals surface area (Å²) < 4.78 is 13.8. The molecule has 0 radical (unpaired) electrons. The van der Waals surface area contributed by atoms with Crippen molar-refractivity contribution >= 4 is 23.0 Å². The van der Waals surface area contributed by atoms with Gasteiger partial charge in [-0.3, -0.25) is 4.57 Å². The molecule has 0 unspecified atom stereocenters. The molecule has 0 aliphatic rings. The summed E-state index contributed by atoms with van der Waals surface area (Å²) in [6.07, 6.45) is 1.24. The van der Waals surface area contributed by atoms with Crippen molar-refractivity contribution in [2.75, 3.05) is 6.61 Å². The molecule has 3 aromatic rings. The normalized spacial score (nSPS) is 12.2. The maximum absolute atomic E-state index is 12.5. The molecule has 0 aliphatic carbocycles. The van der Waals surface area contributed by atoms with Gasteiger partial charge in [0.25, 0.3) is 0 Å². The van der Waals surface area contributed by atoms with Gasteiger partial charge in [-0.05, 0) is 58.0 Å². The quantitative estimate of drug-likeness (QED) is 0.562. The minimum absolute atomic E-state index is 0.226. The number of hydrogen-bond acceptors (Lipinski definition) is 5. The summed E-state index contributed by atoms with van der Waals surface area (Å²) in [5.74, 6) is -0.424. The van der Waals surface area contributed by atoms with E-state index in [2.05, 4.69) is 5.10 Å². The number of benzene rings is 1. The molecule has 0 fully saturated rings. The Bertz CT molecular complexity index is 1090. The molecule has 0 saturated carbocycles. The molecule has 30 heavy (non-hydrogen) atoms. The van der Waals surface area contributed by atoms with Gasteiger partial charge in [0.1, 0.15) is 5.60 Å². The minimum atomic E-state index is -0.583. The van der Waals surface area contributed by atoms with Crippen molar-refractivity contribution in [3.05, 3.63) is 47.9 Å². The Balaban J connectivity index is 2.06. The summed E-state index contributed by atoms with van der Waals surface area (Å²) in [7, 11) is 0. The van der Waals surface area contributed by atoms with E-state index < -0.39 is 17.7 Å². The van der Waals surface area contributed by atoms with Crippen LogP contribution in [0.25, 0.3) is 16.6 Å². The highest BCUT2D eigenvalue weighted by Crippen LogP contribution is 2.26. The standard InChI is InChI=1S/C23H29N3O4/c1-8-29-20(27)18-14-19(22(2,3)4)24-26(18)16-9-10-17-15(13-16)11-12-25(17)21(28)30-23(5,6)7/h9-14H,8H2,1-7H3. The summed E-state index contributed by atoms with van der Waals surface area (Å²) in [5, 5.41) is 5.50. The van der Waals surface area contributed by atoms with Crippen molar-refractivity contribution in [2.45, 2.75) is 59.5 Å². The molecule has 0 saturated heterocycles. The number of rotatable bonds is 3. The number of carbonyl (C=O) groups excluding carboxylic acids is 2. The van der Waals surface area contributed by atoms with E-state index in [-0.39, 0.29) is 12.0 Å². The van der Waals surface area contributed by atoms with E-state index in [1.807, 2.05) is 65.8 Å². The molecule has 0 bridgehead atoms. The predicted molar refractivity (Wildman–Crippen MR) is 115 cm³/mol. The zero-order valence-corrected chi connectivity index (χ0v) is 18.6. The fraction of sp³-hybridized carbons (Fsp3) is 0.435. The zero-order chi connectivity index (χ0) is 22.3. The molecule has 0 amide bonds. The van der Waals surface area contributed by atoms with Gasteiger partial charge in [0.15, 0.2) is 5.69 Å². The number of carbonyl (C=O) groups is 2. The first-order chi connectivity index (χ1) is 13.9. The number of fused-ring (bicyclic) bond motifs is 1. The van der Waals surface area contributed by atoms with Gasteiger partial charge in [0.2, 0.25) is 0 Å². The van der Waals surface area contributed by atoms with Gasteiger partial charge in [0, 0.05) is 17.0 Å². The van der Waals surface area contributed by atoms with Gasteiger partial charge in [-0.15, -0.1) is 0 Å². The third kappa shape index (κ3) is 4.40. The fourth-order valence-corrected chi connectivity index (χ4v) is 3.03. The van der Waals surface area contributed by atoms with Crippen LogP contribution >= 0.6 is 0 Å². The number of nitrogens with zero attached hydrogens (tertiary/aromatic N) is 3. The van der Waals surface area contributed by atoms with Crippen molar-refractivity contribution in [2.24, 2.45) is 0 Å². The lowest BCUT2D eigenvalue weighted by Crippen LogP contribution is -2.26. The second-order valence-electron chi connectivity index (χ2n) is 9.21. The first kappa shape index (κ1) is 21.6. The Hall–Kier alpha value is -3.09. The van der Waals surface area contributed by atoms with Crippen molar-refractivity contribution in [3.8, 4) is 5.69 Å². The number of ether oxygens (including phenoxy) is 2. The third-order valence-electron chi connectivity index (χ3n) is 4.47. The van der Waals surface area contributed by atoms with Crippen molar-refractivity contribution in [1.82, 2.24) is 14.3 Å². The minimum Gasteiger partial charge on any atom is -0.461 e. The Kier molecular flexibility index (Phi) is 5.50. The summed E-state index contributed by atoms with van der Waals surface area (Å²) in [6.45, 7) is 13.7. The lowest BCUT2D eigenvalue weighted by atomic mass is 9.92. The maximum Gasteiger partial charge on any atom is 0.418 e. The van der Waals surface area contributed by atoms with Gasteiger partial charge in [0.05, 0.1) is 23.5 Å². The molecule has 2 aromatic heterocycles. The van der Waals surface area contributed by atoms with E-state index in [1.54, 1.807) is 23.9 Å². The first-order valence-corrected chi connectivity index (χ1v) is 10.0. The zero-order valence-electron chi connectivity index (χ0n) is 18.6. The van der Waals surface area contributed by atoms with Crippen LogP contribution in [0.4, 0.5) is 4.79 Å². The Labute approximate surface area is 176 Å². The van der Waals surface area contributed by atoms with E-state index in [4.69, 9.17) is 9.47 Å². The second-order valence-corrected chi connectivity index (χ2v) is 9.21. The highest BCUT2D eigenvalue weighted by molar-refractivity contribution is 5.92. The molecule has 0 atom stereocenters. The Morgan fingerprint density at radius 2 is 1.73 bits per heavy atom. The van der Waals surface area contributed by atoms with Crippen molar-refractivity contribution < 1.29 is 19.1 Å². The number of aromatic nitrogens is 3. The van der Waals surface area contributed by atoms with Gasteiger partial charge < -0.3 is 9.47 Å². The summed E-state index contributed by atoms with van der Waals surface area (Å²) in [4.78, 5) is 25.0. The van der Waals surface area contributed by atoms with E-state index in [0.29, 0.717) is 16.9 Å². The van der Waals surface area contributed by atoms with Crippen molar-refractivity contribution in [1.29, 1.82) is 0 Å². The molecule has 0 aliphatic heterocycles. The van der Waals surface area contributed by atoms with Crippen LogP contribution in [-0.2, 0) is 14.9 Å². The molecule has 0 N–H and O–H groups in total. The average Bonchev–Trinajstić information content (AvgIpc) is 3.24. The Morgan fingerprint density at radius 1 is 1.03 bits per heavy atom. The summed E-state index contributed by atoms with van der Waals surface area (Å²) in [6, 6.07) is 9.14. The third-order valence-corrected chi connectivity index (χ3v) is 4.47. The van der Waals surface area contributed by atoms with Crippen LogP contribution in [-0.4, -0.2) is 38.6 Å². The molecule has 0 spiro atoms. The average molecular weight is 412 g/mol. The highest BCUT2D eigenvalue weighted by atomic mass is 16.6. The van der Waals surface area contributed by atoms with Crippen LogP contribution in [0, 0.1) is 0 Å². The summed E-state index contributed by atoms with van der Waals surface area (Å²) >= 11 is 0. The molecule has 7 heteroatoms. The van der Waals surface area contributed by atoms with Gasteiger partial charge in [-0.25, -0.2) is 14.3 Å². The van der Waals surface area contributed by atoms with E-state index in [9.17, 15) is 9.59 Å². The Morgan fingerprint density at radius 3 is 2.33 bits per heavy atom. The lowest BCUT2D eigenvalue weighted by molar-refractivity contribution is 0.0512. The number of hydrogen-bond donors (Lipinski definition) is 0. The van der Waals surface area contributed by atoms with Crippen LogP contribution in [0.5, 0.6) is 0 Å². The molecular formula is C23H29N3O4. The SMILES string of the molecule is CCOC(=O)c1cc(C(C)(C)C)nn1-c1ccc2c(ccn2C(=O)OC(C)(C)C)c1. The van der Waals surface area contributed by atoms with Gasteiger partial charge >= 0.3 is 12.1 Å². The molecule has 1 aromatic carbocycles. The monoisotopic (exact) mass is 411 g/mol. The van der Waals surface area contributed by atoms with Crippen LogP contribution in [0.2, 0.25) is 0 Å². The number of esters is 1. The van der Waals surface area contributed by atoms with Crippen LogP contribution in [0.3, 0.4) is 0 Å². The van der Waals surface area contributed by atoms with Crippen LogP contribution in [0.1, 0.15) is 64.6 Å². The summed E-state index contributed by atoms with van der Waals surface area (Å²) in [5.41, 5.74) is 1.78. The highest BCUT2D eigenvalue weighted by Gasteiger charge is 2.25. The topological polar surface area (TPSA) is 75.4 Å². The van der Waals surface area contributed by atoms with Gasteiger partial charge in [-0.2, -0.15) is 5.10 Å². The molecule has 3 rings (SSSR count). The smallest absolute Gasteiger partial charge is 0.418 e. The van der Waals surface area contributed by atoms with Crippen molar-refractivity contribution in [3.63, 3.8) is 0 Å². The molecule has 7 nitrogen and oxygen atoms in total. The largest absolute Gasteiger partial charge is 0.461 e. The molecule has 160 valence electrons. The van der Waals surface area contributed by atoms with E-state index >= 15 is 0 Å². The van der Waals surface area contributed by atoms with Gasteiger partial charge in [-0.1, -0.05) is 20.8 Å². The van der Waals surface area contributed by atoms with Crippen LogP contribution < -0.4 is 0 Å². The van der Waals surface area contributed by atoms with E-state index in [1.165, 1.54) is 4.57 Å². The second kappa shape index (κ2) is 7.63. The molecule has 2 heterocycles. The van der Waals surface area contributed by atoms with Crippen LogP contribution in [0.15, 0.2) is 36.5 Å². The molecular weight excluding hydrogens is 382 g/mol.